The maximum Gasteiger partial charge on any atom is 0.237 e. The molecule has 0 saturated heterocycles. The summed E-state index contributed by atoms with van der Waals surface area (Å²) >= 11 is 7.28. The lowest BCUT2D eigenvalue weighted by atomic mass is 10.1. The number of rotatable bonds is 5. The van der Waals surface area contributed by atoms with Crippen LogP contribution in [0.2, 0.25) is 5.02 Å². The van der Waals surface area contributed by atoms with E-state index < -0.39 is 5.25 Å². The molecule has 128 valence electrons. The zero-order valence-electron chi connectivity index (χ0n) is 13.7. The van der Waals surface area contributed by atoms with E-state index in [-0.39, 0.29) is 11.7 Å². The van der Waals surface area contributed by atoms with E-state index in [1.807, 2.05) is 6.07 Å². The number of nitrogens with zero attached hydrogens (tertiary/aromatic N) is 1. The largest absolute Gasteiger partial charge is 0.333 e. The van der Waals surface area contributed by atoms with Gasteiger partial charge in [0.2, 0.25) is 5.91 Å². The number of nitrogens with one attached hydrogen (secondary N) is 2. The van der Waals surface area contributed by atoms with Crippen LogP contribution < -0.4 is 5.32 Å². The van der Waals surface area contributed by atoms with Gasteiger partial charge in [0.1, 0.15) is 0 Å². The van der Waals surface area contributed by atoms with Gasteiger partial charge in [0.15, 0.2) is 10.9 Å². The number of benzene rings is 2. The molecular weight excluding hydrogens is 358 g/mol. The number of halogens is 1. The molecule has 0 spiro atoms. The number of thioether (sulfide) groups is 1. The van der Waals surface area contributed by atoms with Gasteiger partial charge in [0, 0.05) is 10.6 Å². The van der Waals surface area contributed by atoms with E-state index in [1.54, 1.807) is 43.3 Å². The highest BCUT2D eigenvalue weighted by atomic mass is 35.5. The molecule has 0 aliphatic rings. The highest BCUT2D eigenvalue weighted by molar-refractivity contribution is 8.00. The van der Waals surface area contributed by atoms with Gasteiger partial charge in [0.25, 0.3) is 0 Å². The lowest BCUT2D eigenvalue weighted by Gasteiger charge is -2.12. The number of carbonyl (C=O) groups is 2. The van der Waals surface area contributed by atoms with E-state index in [0.717, 1.165) is 11.0 Å². The standard InChI is InChI=1S/C18H16ClN3O2S/c1-10(23)13-5-3-4-6-14(13)20-17(24)11(2)25-18-21-15-8-7-12(19)9-16(15)22-18/h3-9,11H,1-2H3,(H,20,24)(H,21,22). The molecule has 0 aliphatic carbocycles. The SMILES string of the molecule is CC(=O)c1ccccc1NC(=O)C(C)Sc1nc2ccc(Cl)cc2[nH]1. The average Bonchev–Trinajstić information content (AvgIpc) is 2.96. The summed E-state index contributed by atoms with van der Waals surface area (Å²) in [7, 11) is 0. The topological polar surface area (TPSA) is 74.8 Å². The summed E-state index contributed by atoms with van der Waals surface area (Å²) in [6.45, 7) is 3.26. The van der Waals surface area contributed by atoms with Crippen LogP contribution in [0.15, 0.2) is 47.6 Å². The predicted molar refractivity (Wildman–Crippen MR) is 101 cm³/mol. The lowest BCUT2D eigenvalue weighted by molar-refractivity contribution is -0.115. The molecule has 1 aromatic heterocycles. The number of ketones is 1. The third kappa shape index (κ3) is 4.03. The Labute approximate surface area is 154 Å². The lowest BCUT2D eigenvalue weighted by Crippen LogP contribution is -2.23. The van der Waals surface area contributed by atoms with E-state index in [0.29, 0.717) is 21.4 Å². The van der Waals surface area contributed by atoms with Crippen molar-refractivity contribution < 1.29 is 9.59 Å². The number of anilines is 1. The van der Waals surface area contributed by atoms with Crippen LogP contribution in [0.25, 0.3) is 11.0 Å². The van der Waals surface area contributed by atoms with Crippen molar-refractivity contribution in [3.63, 3.8) is 0 Å². The van der Waals surface area contributed by atoms with E-state index in [9.17, 15) is 9.59 Å². The second-order valence-corrected chi connectivity index (χ2v) is 7.32. The van der Waals surface area contributed by atoms with Crippen molar-refractivity contribution >= 4 is 51.8 Å². The fourth-order valence-corrected chi connectivity index (χ4v) is 3.36. The third-order valence-corrected chi connectivity index (χ3v) is 4.86. The summed E-state index contributed by atoms with van der Waals surface area (Å²) in [5.41, 5.74) is 2.63. The van der Waals surface area contributed by atoms with Gasteiger partial charge in [0.05, 0.1) is 22.0 Å². The first kappa shape index (κ1) is 17.5. The zero-order chi connectivity index (χ0) is 18.0. The van der Waals surface area contributed by atoms with Gasteiger partial charge in [-0.1, -0.05) is 35.5 Å². The Bertz CT molecular complexity index is 954. The summed E-state index contributed by atoms with van der Waals surface area (Å²) in [6, 6.07) is 12.3. The normalized spacial score (nSPS) is 12.1. The van der Waals surface area contributed by atoms with E-state index in [2.05, 4.69) is 15.3 Å². The molecule has 3 rings (SSSR count). The summed E-state index contributed by atoms with van der Waals surface area (Å²) in [4.78, 5) is 31.7. The maximum absolute atomic E-state index is 12.5. The Kier molecular flexibility index (Phi) is 5.11. The molecule has 7 heteroatoms. The number of hydrogen-bond acceptors (Lipinski definition) is 4. The van der Waals surface area contributed by atoms with Crippen LogP contribution in [0, 0.1) is 0 Å². The fraction of sp³-hybridized carbons (Fsp3) is 0.167. The monoisotopic (exact) mass is 373 g/mol. The number of imidazole rings is 1. The van der Waals surface area contributed by atoms with Gasteiger partial charge in [-0.25, -0.2) is 4.98 Å². The molecule has 2 aromatic carbocycles. The van der Waals surface area contributed by atoms with Crippen molar-refractivity contribution in [3.05, 3.63) is 53.1 Å². The summed E-state index contributed by atoms with van der Waals surface area (Å²) < 4.78 is 0. The van der Waals surface area contributed by atoms with E-state index >= 15 is 0 Å². The number of aromatic nitrogens is 2. The minimum Gasteiger partial charge on any atom is -0.333 e. The fourth-order valence-electron chi connectivity index (χ4n) is 2.37. The Morgan fingerprint density at radius 2 is 2.00 bits per heavy atom. The third-order valence-electron chi connectivity index (χ3n) is 3.64. The van der Waals surface area contributed by atoms with E-state index in [4.69, 9.17) is 11.6 Å². The predicted octanol–water partition coefficient (Wildman–Crippen LogP) is 4.54. The molecule has 0 saturated carbocycles. The van der Waals surface area contributed by atoms with Crippen molar-refractivity contribution in [1.29, 1.82) is 0 Å². The number of carbonyl (C=O) groups excluding carboxylic acids is 2. The van der Waals surface area contributed by atoms with Crippen LogP contribution in [0.5, 0.6) is 0 Å². The second-order valence-electron chi connectivity index (χ2n) is 5.55. The minimum atomic E-state index is -0.393. The highest BCUT2D eigenvalue weighted by Crippen LogP contribution is 2.26. The van der Waals surface area contributed by atoms with Gasteiger partial charge in [-0.2, -0.15) is 0 Å². The molecule has 2 N–H and O–H groups in total. The smallest absolute Gasteiger partial charge is 0.237 e. The van der Waals surface area contributed by atoms with Gasteiger partial charge in [-0.3, -0.25) is 9.59 Å². The Morgan fingerprint density at radius 3 is 2.76 bits per heavy atom. The molecule has 1 heterocycles. The first-order valence-electron chi connectivity index (χ1n) is 7.67. The van der Waals surface area contributed by atoms with Crippen LogP contribution in [-0.2, 0) is 4.79 Å². The number of aromatic amines is 1. The van der Waals surface area contributed by atoms with Gasteiger partial charge in [-0.15, -0.1) is 0 Å². The van der Waals surface area contributed by atoms with Crippen molar-refractivity contribution in [3.8, 4) is 0 Å². The first-order valence-corrected chi connectivity index (χ1v) is 8.92. The summed E-state index contributed by atoms with van der Waals surface area (Å²) in [6.07, 6.45) is 0. The first-order chi connectivity index (χ1) is 11.9. The molecule has 5 nitrogen and oxygen atoms in total. The highest BCUT2D eigenvalue weighted by Gasteiger charge is 2.18. The van der Waals surface area contributed by atoms with Crippen molar-refractivity contribution in [2.45, 2.75) is 24.3 Å². The average molecular weight is 374 g/mol. The van der Waals surface area contributed by atoms with Crippen LogP contribution in [-0.4, -0.2) is 26.9 Å². The quantitative estimate of drug-likeness (QED) is 0.508. The van der Waals surface area contributed by atoms with Crippen LogP contribution >= 0.6 is 23.4 Å². The number of amides is 1. The number of H-pyrrole nitrogens is 1. The summed E-state index contributed by atoms with van der Waals surface area (Å²) in [5.74, 6) is -0.289. The molecule has 0 radical (unpaired) electrons. The van der Waals surface area contributed by atoms with Crippen LogP contribution in [0.3, 0.4) is 0 Å². The van der Waals surface area contributed by atoms with Crippen molar-refractivity contribution in [2.75, 3.05) is 5.32 Å². The van der Waals surface area contributed by atoms with Crippen LogP contribution in [0.4, 0.5) is 5.69 Å². The summed E-state index contributed by atoms with van der Waals surface area (Å²) in [5, 5.41) is 3.68. The van der Waals surface area contributed by atoms with Gasteiger partial charge >= 0.3 is 0 Å². The maximum atomic E-state index is 12.5. The molecule has 1 amide bonds. The van der Waals surface area contributed by atoms with Gasteiger partial charge in [-0.05, 0) is 44.2 Å². The molecule has 25 heavy (non-hydrogen) atoms. The van der Waals surface area contributed by atoms with Gasteiger partial charge < -0.3 is 10.3 Å². The molecule has 0 aliphatic heterocycles. The Morgan fingerprint density at radius 1 is 1.24 bits per heavy atom. The molecule has 1 atom stereocenters. The number of para-hydroxylation sites is 1. The number of hydrogen-bond donors (Lipinski definition) is 2. The second kappa shape index (κ2) is 7.29. The number of Topliss-reactive ketones (excluding diaryl/α,β-unsaturated/α-hetero) is 1. The van der Waals surface area contributed by atoms with E-state index in [1.165, 1.54) is 18.7 Å². The Hall–Kier alpha value is -2.31. The Balaban J connectivity index is 1.73. The molecule has 1 unspecified atom stereocenters. The van der Waals surface area contributed by atoms with Crippen LogP contribution in [0.1, 0.15) is 24.2 Å². The minimum absolute atomic E-state index is 0.0923. The zero-order valence-corrected chi connectivity index (χ0v) is 15.2. The molecule has 3 aromatic rings. The molecule has 0 fully saturated rings. The molecular formula is C18H16ClN3O2S. The van der Waals surface area contributed by atoms with Crippen molar-refractivity contribution in [2.24, 2.45) is 0 Å². The molecule has 0 bridgehead atoms. The number of fused-ring (bicyclic) bond motifs is 1. The van der Waals surface area contributed by atoms with Crippen molar-refractivity contribution in [1.82, 2.24) is 9.97 Å².